The molecule has 0 amide bonds. The van der Waals surface area contributed by atoms with Crippen LogP contribution in [0.1, 0.15) is 5.56 Å². The maximum atomic E-state index is 5.67. The van der Waals surface area contributed by atoms with Crippen molar-refractivity contribution >= 4 is 5.69 Å². The number of anilines is 1. The zero-order valence-corrected chi connectivity index (χ0v) is 12.7. The summed E-state index contributed by atoms with van der Waals surface area (Å²) in [5.41, 5.74) is 2.24. The summed E-state index contributed by atoms with van der Waals surface area (Å²) in [6.45, 7) is 3.38. The SMILES string of the molecule is COc1ccc(OCCNc2ccc(OC)cc2C)cc1. The van der Waals surface area contributed by atoms with E-state index in [9.17, 15) is 0 Å². The van der Waals surface area contributed by atoms with Gasteiger partial charge in [-0.1, -0.05) is 0 Å². The molecular formula is C17H21NO3. The lowest BCUT2D eigenvalue weighted by molar-refractivity contribution is 0.331. The molecule has 2 rings (SSSR count). The Bertz CT molecular complexity index is 567. The van der Waals surface area contributed by atoms with Gasteiger partial charge in [-0.2, -0.15) is 0 Å². The molecule has 0 atom stereocenters. The van der Waals surface area contributed by atoms with E-state index in [0.29, 0.717) is 6.61 Å². The lowest BCUT2D eigenvalue weighted by Crippen LogP contribution is -2.12. The number of aryl methyl sites for hydroxylation is 1. The average Bonchev–Trinajstić information content (AvgIpc) is 2.53. The molecule has 0 unspecified atom stereocenters. The third kappa shape index (κ3) is 4.31. The molecule has 21 heavy (non-hydrogen) atoms. The predicted octanol–water partition coefficient (Wildman–Crippen LogP) is 3.50. The Hall–Kier alpha value is -2.36. The first-order valence-electron chi connectivity index (χ1n) is 6.88. The second-order valence-electron chi connectivity index (χ2n) is 4.63. The predicted molar refractivity (Wildman–Crippen MR) is 84.7 cm³/mol. The van der Waals surface area contributed by atoms with Gasteiger partial charge < -0.3 is 19.5 Å². The van der Waals surface area contributed by atoms with E-state index in [1.807, 2.05) is 42.5 Å². The van der Waals surface area contributed by atoms with Crippen LogP contribution in [0.15, 0.2) is 42.5 Å². The molecule has 0 radical (unpaired) electrons. The van der Waals surface area contributed by atoms with Gasteiger partial charge in [-0.05, 0) is 55.0 Å². The van der Waals surface area contributed by atoms with Crippen LogP contribution < -0.4 is 19.5 Å². The number of rotatable bonds is 7. The van der Waals surface area contributed by atoms with Crippen molar-refractivity contribution in [3.63, 3.8) is 0 Å². The number of nitrogens with one attached hydrogen (secondary N) is 1. The highest BCUT2D eigenvalue weighted by Gasteiger charge is 2.00. The monoisotopic (exact) mass is 287 g/mol. The van der Waals surface area contributed by atoms with Crippen molar-refractivity contribution in [1.29, 1.82) is 0 Å². The molecular weight excluding hydrogens is 266 g/mol. The summed E-state index contributed by atoms with van der Waals surface area (Å²) in [5.74, 6) is 2.53. The second-order valence-corrected chi connectivity index (χ2v) is 4.63. The van der Waals surface area contributed by atoms with Gasteiger partial charge in [0.1, 0.15) is 23.9 Å². The van der Waals surface area contributed by atoms with E-state index in [1.54, 1.807) is 14.2 Å². The molecule has 2 aromatic rings. The van der Waals surface area contributed by atoms with Gasteiger partial charge in [0.25, 0.3) is 0 Å². The lowest BCUT2D eigenvalue weighted by atomic mass is 10.2. The van der Waals surface area contributed by atoms with Crippen LogP contribution in [0.4, 0.5) is 5.69 Å². The van der Waals surface area contributed by atoms with Gasteiger partial charge in [0, 0.05) is 12.2 Å². The Morgan fingerprint density at radius 1 is 0.857 bits per heavy atom. The maximum Gasteiger partial charge on any atom is 0.119 e. The Labute approximate surface area is 125 Å². The van der Waals surface area contributed by atoms with Gasteiger partial charge in [0.05, 0.1) is 14.2 Å². The largest absolute Gasteiger partial charge is 0.497 e. The molecule has 0 aliphatic carbocycles. The first-order chi connectivity index (χ1) is 10.2. The van der Waals surface area contributed by atoms with E-state index in [4.69, 9.17) is 14.2 Å². The summed E-state index contributed by atoms with van der Waals surface area (Å²) < 4.78 is 16.0. The van der Waals surface area contributed by atoms with Crippen molar-refractivity contribution in [2.24, 2.45) is 0 Å². The summed E-state index contributed by atoms with van der Waals surface area (Å²) in [7, 11) is 3.32. The fourth-order valence-electron chi connectivity index (χ4n) is 1.99. The van der Waals surface area contributed by atoms with Crippen LogP contribution in [0.5, 0.6) is 17.2 Å². The highest BCUT2D eigenvalue weighted by atomic mass is 16.5. The lowest BCUT2D eigenvalue weighted by Gasteiger charge is -2.12. The van der Waals surface area contributed by atoms with Crippen LogP contribution >= 0.6 is 0 Å². The second kappa shape index (κ2) is 7.43. The topological polar surface area (TPSA) is 39.7 Å². The van der Waals surface area contributed by atoms with Crippen molar-refractivity contribution in [3.8, 4) is 17.2 Å². The third-order valence-electron chi connectivity index (χ3n) is 3.18. The average molecular weight is 287 g/mol. The Balaban J connectivity index is 1.78. The molecule has 112 valence electrons. The van der Waals surface area contributed by atoms with Crippen LogP contribution in [0.25, 0.3) is 0 Å². The van der Waals surface area contributed by atoms with E-state index in [1.165, 1.54) is 0 Å². The molecule has 0 heterocycles. The van der Waals surface area contributed by atoms with E-state index >= 15 is 0 Å². The minimum atomic E-state index is 0.595. The minimum Gasteiger partial charge on any atom is -0.497 e. The van der Waals surface area contributed by atoms with Gasteiger partial charge in [0.2, 0.25) is 0 Å². The minimum absolute atomic E-state index is 0.595. The summed E-state index contributed by atoms with van der Waals surface area (Å²) >= 11 is 0. The quantitative estimate of drug-likeness (QED) is 0.791. The molecule has 2 aromatic carbocycles. The molecule has 1 N–H and O–H groups in total. The molecule has 0 aromatic heterocycles. The summed E-state index contributed by atoms with van der Waals surface area (Å²) in [5, 5.41) is 3.35. The smallest absolute Gasteiger partial charge is 0.119 e. The van der Waals surface area contributed by atoms with Crippen molar-refractivity contribution in [3.05, 3.63) is 48.0 Å². The van der Waals surface area contributed by atoms with Crippen LogP contribution in [-0.2, 0) is 0 Å². The van der Waals surface area contributed by atoms with E-state index in [0.717, 1.165) is 35.0 Å². The van der Waals surface area contributed by atoms with Crippen LogP contribution in [-0.4, -0.2) is 27.4 Å². The first-order valence-corrected chi connectivity index (χ1v) is 6.88. The Kier molecular flexibility index (Phi) is 5.32. The first kappa shape index (κ1) is 15.0. The van der Waals surface area contributed by atoms with E-state index < -0.39 is 0 Å². The molecule has 4 nitrogen and oxygen atoms in total. The maximum absolute atomic E-state index is 5.67. The van der Waals surface area contributed by atoms with Gasteiger partial charge in [-0.3, -0.25) is 0 Å². The van der Waals surface area contributed by atoms with Crippen LogP contribution in [0.2, 0.25) is 0 Å². The van der Waals surface area contributed by atoms with Crippen LogP contribution in [0, 0.1) is 6.92 Å². The van der Waals surface area contributed by atoms with Crippen LogP contribution in [0.3, 0.4) is 0 Å². The number of benzene rings is 2. The fourth-order valence-corrected chi connectivity index (χ4v) is 1.99. The van der Waals surface area contributed by atoms with Gasteiger partial charge in [-0.15, -0.1) is 0 Å². The number of hydrogen-bond acceptors (Lipinski definition) is 4. The van der Waals surface area contributed by atoms with Gasteiger partial charge >= 0.3 is 0 Å². The highest BCUT2D eigenvalue weighted by molar-refractivity contribution is 5.53. The van der Waals surface area contributed by atoms with Crippen molar-refractivity contribution in [2.45, 2.75) is 6.92 Å². The van der Waals surface area contributed by atoms with Gasteiger partial charge in [0.15, 0.2) is 0 Å². The molecule has 4 heteroatoms. The molecule has 0 spiro atoms. The van der Waals surface area contributed by atoms with Crippen molar-refractivity contribution in [1.82, 2.24) is 0 Å². The molecule has 0 aliphatic rings. The Morgan fingerprint density at radius 3 is 2.10 bits per heavy atom. The fraction of sp³-hybridized carbons (Fsp3) is 0.294. The Morgan fingerprint density at radius 2 is 1.48 bits per heavy atom. The molecule has 0 fully saturated rings. The zero-order chi connectivity index (χ0) is 15.1. The number of methoxy groups -OCH3 is 2. The zero-order valence-electron chi connectivity index (χ0n) is 12.7. The summed E-state index contributed by atoms with van der Waals surface area (Å²) in [6.07, 6.45) is 0. The molecule has 0 saturated heterocycles. The number of ether oxygens (including phenoxy) is 3. The van der Waals surface area contributed by atoms with Gasteiger partial charge in [-0.25, -0.2) is 0 Å². The number of hydrogen-bond donors (Lipinski definition) is 1. The molecule has 0 aliphatic heterocycles. The van der Waals surface area contributed by atoms with E-state index in [2.05, 4.69) is 12.2 Å². The summed E-state index contributed by atoms with van der Waals surface area (Å²) in [6, 6.07) is 13.5. The molecule has 0 saturated carbocycles. The van der Waals surface area contributed by atoms with Crippen molar-refractivity contribution < 1.29 is 14.2 Å². The normalized spacial score (nSPS) is 10.0. The highest BCUT2D eigenvalue weighted by Crippen LogP contribution is 2.21. The third-order valence-corrected chi connectivity index (χ3v) is 3.18. The van der Waals surface area contributed by atoms with E-state index in [-0.39, 0.29) is 0 Å². The standard InChI is InChI=1S/C17H21NO3/c1-13-12-16(20-3)8-9-17(13)18-10-11-21-15-6-4-14(19-2)5-7-15/h4-9,12,18H,10-11H2,1-3H3. The summed E-state index contributed by atoms with van der Waals surface area (Å²) in [4.78, 5) is 0. The van der Waals surface area contributed by atoms with Crippen molar-refractivity contribution in [2.75, 3.05) is 32.7 Å². The molecule has 0 bridgehead atoms.